The highest BCUT2D eigenvalue weighted by molar-refractivity contribution is 7.89. The van der Waals surface area contributed by atoms with Gasteiger partial charge in [-0.15, -0.1) is 0 Å². The van der Waals surface area contributed by atoms with Gasteiger partial charge in [0.25, 0.3) is 10.9 Å². The number of halogens is 2. The molecule has 0 radical (unpaired) electrons. The molecule has 4 fully saturated rings. The lowest BCUT2D eigenvalue weighted by molar-refractivity contribution is -0.130. The van der Waals surface area contributed by atoms with Crippen molar-refractivity contribution < 1.29 is 41.4 Å². The summed E-state index contributed by atoms with van der Waals surface area (Å²) in [4.78, 5) is 49.6. The smallest absolute Gasteiger partial charge is 0.272 e. The van der Waals surface area contributed by atoms with E-state index < -0.39 is 47.3 Å². The highest BCUT2D eigenvalue weighted by Crippen LogP contribution is 2.41. The number of piperazine rings is 2. The fraction of sp³-hybridized carbons (Fsp3) is 0.438. The number of benzene rings is 2. The number of anilines is 3. The molecule has 3 aromatic rings. The second kappa shape index (κ2) is 14.6. The molecule has 4 heterocycles. The van der Waals surface area contributed by atoms with Gasteiger partial charge in [-0.2, -0.15) is 8.61 Å². The highest BCUT2D eigenvalue weighted by Gasteiger charge is 2.43. The standard InChI is InChI=1S/C19H20ClN3O7S.C13H16ClN3O4S/c1-2-30-18-14(16(26)17(18)27)21-12-5-4-11(20)19(15(12)25)31(28,29)22-7-8-23-10(9-22)3-6-13(23)24;14-9-2-3-10(15)12(19)13(9)22(20,21)16-5-6-17-8(7-16)1-4-11(17)18/h4-5,10,21,25H,2-3,6-9H2,1H3;2-3,8,19H,1,4-7,15H2. The summed E-state index contributed by atoms with van der Waals surface area (Å²) in [6.07, 6.45) is 2.04. The lowest BCUT2D eigenvalue weighted by atomic mass is 10.2. The zero-order valence-corrected chi connectivity index (χ0v) is 31.4. The third-order valence-corrected chi connectivity index (χ3v) is 14.5. The third kappa shape index (κ3) is 6.89. The van der Waals surface area contributed by atoms with Gasteiger partial charge < -0.3 is 35.8 Å². The lowest BCUT2D eigenvalue weighted by Crippen LogP contribution is -2.53. The minimum Gasteiger partial charge on any atom is -0.504 e. The third-order valence-electron chi connectivity index (χ3n) is 9.72. The van der Waals surface area contributed by atoms with Crippen molar-refractivity contribution >= 4 is 72.1 Å². The molecule has 2 unspecified atom stereocenters. The number of phenols is 2. The predicted octanol–water partition coefficient (Wildman–Crippen LogP) is 1.40. The Balaban J connectivity index is 0.000000192. The zero-order valence-electron chi connectivity index (χ0n) is 28.2. The van der Waals surface area contributed by atoms with Crippen LogP contribution in [0.5, 0.6) is 17.2 Å². The van der Waals surface area contributed by atoms with Crippen LogP contribution in [0.1, 0.15) is 32.6 Å². The number of phenolic OH excluding ortho intramolecular Hbond substituents is 2. The molecule has 2 atom stereocenters. The maximum absolute atomic E-state index is 13.3. The van der Waals surface area contributed by atoms with Crippen molar-refractivity contribution in [2.45, 2.75) is 54.5 Å². The quantitative estimate of drug-likeness (QED) is 0.143. The molecule has 5 N–H and O–H groups in total. The van der Waals surface area contributed by atoms with Crippen LogP contribution >= 0.6 is 23.2 Å². The van der Waals surface area contributed by atoms with Crippen LogP contribution in [0, 0.1) is 0 Å². The Bertz CT molecular complexity index is 2280. The summed E-state index contributed by atoms with van der Waals surface area (Å²) >= 11 is 12.1. The van der Waals surface area contributed by atoms with Crippen LogP contribution in [0.3, 0.4) is 0 Å². The van der Waals surface area contributed by atoms with Gasteiger partial charge in [-0.3, -0.25) is 19.2 Å². The Morgan fingerprint density at radius 1 is 0.774 bits per heavy atom. The number of amides is 2. The van der Waals surface area contributed by atoms with Crippen LogP contribution < -0.4 is 26.6 Å². The number of rotatable bonds is 8. The molecule has 3 aromatic carbocycles. The molecule has 21 heteroatoms. The number of ether oxygens (including phenoxy) is 1. The van der Waals surface area contributed by atoms with Crippen LogP contribution in [0.15, 0.2) is 43.6 Å². The Morgan fingerprint density at radius 2 is 1.26 bits per heavy atom. The molecule has 0 aliphatic carbocycles. The maximum Gasteiger partial charge on any atom is 0.272 e. The molecular formula is C32H36Cl2N6O11S2. The van der Waals surface area contributed by atoms with E-state index in [1.54, 1.807) is 16.7 Å². The van der Waals surface area contributed by atoms with Crippen molar-refractivity contribution in [1.29, 1.82) is 0 Å². The van der Waals surface area contributed by atoms with E-state index in [0.717, 1.165) is 0 Å². The van der Waals surface area contributed by atoms with Gasteiger partial charge in [-0.25, -0.2) is 16.8 Å². The number of hydrogen-bond donors (Lipinski definition) is 4. The first-order valence-electron chi connectivity index (χ1n) is 16.6. The summed E-state index contributed by atoms with van der Waals surface area (Å²) < 4.78 is 59.7. The van der Waals surface area contributed by atoms with Gasteiger partial charge >= 0.3 is 0 Å². The Morgan fingerprint density at radius 3 is 1.77 bits per heavy atom. The Labute approximate surface area is 314 Å². The summed E-state index contributed by atoms with van der Waals surface area (Å²) in [5, 5.41) is 23.0. The van der Waals surface area contributed by atoms with Gasteiger partial charge in [0.1, 0.15) is 15.5 Å². The molecule has 0 spiro atoms. The summed E-state index contributed by atoms with van der Waals surface area (Å²) in [5.74, 6) is -1.31. The predicted molar refractivity (Wildman–Crippen MR) is 193 cm³/mol. The van der Waals surface area contributed by atoms with E-state index in [1.165, 1.54) is 32.9 Å². The largest absolute Gasteiger partial charge is 0.504 e. The molecule has 4 saturated heterocycles. The van der Waals surface area contributed by atoms with Crippen LogP contribution in [-0.2, 0) is 29.6 Å². The number of fused-ring (bicyclic) bond motifs is 2. The van der Waals surface area contributed by atoms with Crippen LogP contribution in [0.4, 0.5) is 17.1 Å². The first-order valence-corrected chi connectivity index (χ1v) is 20.2. The topological polar surface area (TPSA) is 237 Å². The highest BCUT2D eigenvalue weighted by atomic mass is 35.5. The molecular weight excluding hydrogens is 779 g/mol. The van der Waals surface area contributed by atoms with Crippen molar-refractivity contribution in [2.75, 3.05) is 56.9 Å². The number of carbonyl (C=O) groups is 2. The molecule has 0 saturated carbocycles. The fourth-order valence-corrected chi connectivity index (χ4v) is 11.1. The van der Waals surface area contributed by atoms with Crippen molar-refractivity contribution in [3.63, 3.8) is 0 Å². The molecule has 53 heavy (non-hydrogen) atoms. The average molecular weight is 816 g/mol. The van der Waals surface area contributed by atoms with Crippen molar-refractivity contribution in [3.05, 3.63) is 54.8 Å². The molecule has 7 rings (SSSR count). The van der Waals surface area contributed by atoms with Crippen molar-refractivity contribution in [2.24, 2.45) is 0 Å². The molecule has 0 bridgehead atoms. The van der Waals surface area contributed by atoms with Crippen LogP contribution in [0.25, 0.3) is 0 Å². The van der Waals surface area contributed by atoms with E-state index >= 15 is 0 Å². The summed E-state index contributed by atoms with van der Waals surface area (Å²) in [6, 6.07) is 4.95. The second-order valence-corrected chi connectivity index (χ2v) is 17.4. The number of nitrogens with one attached hydrogen (secondary N) is 1. The van der Waals surface area contributed by atoms with E-state index in [-0.39, 0.29) is 101 Å². The summed E-state index contributed by atoms with van der Waals surface area (Å²) in [5.41, 5.74) is 3.64. The van der Waals surface area contributed by atoms with Crippen molar-refractivity contribution in [3.8, 4) is 17.2 Å². The zero-order chi connectivity index (χ0) is 38.6. The van der Waals surface area contributed by atoms with Gasteiger partial charge in [0, 0.05) is 64.2 Å². The van der Waals surface area contributed by atoms with Crippen LogP contribution in [0.2, 0.25) is 10.0 Å². The first-order chi connectivity index (χ1) is 25.0. The molecule has 2 amide bonds. The van der Waals surface area contributed by atoms with Crippen LogP contribution in [-0.4, -0.2) is 115 Å². The molecule has 4 aliphatic rings. The molecule has 286 valence electrons. The van der Waals surface area contributed by atoms with E-state index in [9.17, 15) is 46.2 Å². The number of nitrogens with zero attached hydrogens (tertiary/aromatic N) is 4. The van der Waals surface area contributed by atoms with Gasteiger partial charge in [-0.1, -0.05) is 23.2 Å². The number of aromatic hydroxyl groups is 2. The van der Waals surface area contributed by atoms with E-state index in [1.807, 2.05) is 0 Å². The Hall–Kier alpha value is -4.14. The minimum atomic E-state index is -4.20. The van der Waals surface area contributed by atoms with E-state index in [2.05, 4.69) is 5.32 Å². The minimum absolute atomic E-state index is 0.00668. The maximum atomic E-state index is 13.3. The average Bonchev–Trinajstić information content (AvgIpc) is 3.69. The lowest BCUT2D eigenvalue weighted by Gasteiger charge is -2.36. The first kappa shape index (κ1) is 38.6. The number of hydrogen-bond acceptors (Lipinski definition) is 13. The van der Waals surface area contributed by atoms with Crippen molar-refractivity contribution in [1.82, 2.24) is 18.4 Å². The van der Waals surface area contributed by atoms with E-state index in [4.69, 9.17) is 33.7 Å². The van der Waals surface area contributed by atoms with Gasteiger partial charge in [0.15, 0.2) is 17.2 Å². The normalized spacial score (nSPS) is 21.0. The number of carbonyl (C=O) groups excluding carboxylic acids is 2. The molecule has 0 aromatic heterocycles. The molecule has 17 nitrogen and oxygen atoms in total. The molecule has 4 aliphatic heterocycles. The number of sulfonamides is 2. The monoisotopic (exact) mass is 814 g/mol. The van der Waals surface area contributed by atoms with Gasteiger partial charge in [0.2, 0.25) is 31.9 Å². The van der Waals surface area contributed by atoms with Gasteiger partial charge in [-0.05, 0) is 44.0 Å². The number of nitrogens with two attached hydrogens (primary N) is 1. The summed E-state index contributed by atoms with van der Waals surface area (Å²) in [6.45, 7) is 2.97. The van der Waals surface area contributed by atoms with Gasteiger partial charge in [0.05, 0.1) is 28.0 Å². The van der Waals surface area contributed by atoms with E-state index in [0.29, 0.717) is 32.2 Å². The SMILES string of the molecule is CCOc1c(Nc2ccc(Cl)c(S(=O)(=O)N3CCN4C(=O)CCC4C3)c2O)c(=O)c1=O.Nc1ccc(Cl)c(S(=O)(=O)N2CCN3C(=O)CCC3C2)c1O. The fourth-order valence-electron chi connectivity index (χ4n) is 6.97. The second-order valence-electron chi connectivity index (χ2n) is 12.8. The summed E-state index contributed by atoms with van der Waals surface area (Å²) in [7, 11) is -8.17. The number of nitrogen functional groups attached to an aromatic ring is 1. The Kier molecular flexibility index (Phi) is 10.6.